The normalized spacial score (nSPS) is 10.7. The van der Waals surface area contributed by atoms with Crippen molar-refractivity contribution in [3.05, 3.63) is 77.1 Å². The summed E-state index contributed by atoms with van der Waals surface area (Å²) in [5.74, 6) is 0.753. The highest BCUT2D eigenvalue weighted by Gasteiger charge is 2.18. The summed E-state index contributed by atoms with van der Waals surface area (Å²) in [6.45, 7) is 2.02. The zero-order valence-electron chi connectivity index (χ0n) is 14.5. The molecule has 0 atom stereocenters. The number of carbonyl (C=O) groups excluding carboxylic acids is 1. The van der Waals surface area contributed by atoms with Gasteiger partial charge in [0.05, 0.1) is 11.3 Å². The molecule has 7 heteroatoms. The first-order valence-corrected chi connectivity index (χ1v) is 9.02. The van der Waals surface area contributed by atoms with Gasteiger partial charge in [0.25, 0.3) is 5.91 Å². The second-order valence-corrected chi connectivity index (χ2v) is 6.79. The minimum absolute atomic E-state index is 0.187. The molecule has 0 aliphatic carbocycles. The van der Waals surface area contributed by atoms with Crippen LogP contribution in [0.4, 0.5) is 4.39 Å². The van der Waals surface area contributed by atoms with Crippen LogP contribution >= 0.6 is 11.8 Å². The first-order chi connectivity index (χ1) is 12.5. The Hall–Kier alpha value is -2.67. The Kier molecular flexibility index (Phi) is 5.68. The van der Waals surface area contributed by atoms with Gasteiger partial charge in [0.1, 0.15) is 16.6 Å². The summed E-state index contributed by atoms with van der Waals surface area (Å²) in [6, 6.07) is 11.7. The molecule has 0 saturated heterocycles. The molecule has 3 aromatic rings. The van der Waals surface area contributed by atoms with Gasteiger partial charge in [-0.25, -0.2) is 9.37 Å². The fraction of sp³-hybridized carbons (Fsp3) is 0.211. The van der Waals surface area contributed by atoms with Gasteiger partial charge < -0.3 is 9.42 Å². The molecule has 0 spiro atoms. The topological polar surface area (TPSA) is 59.2 Å². The van der Waals surface area contributed by atoms with E-state index in [2.05, 4.69) is 10.1 Å². The number of aryl methyl sites for hydroxylation is 1. The molecular weight excluding hydrogens is 353 g/mol. The Morgan fingerprint density at radius 2 is 2.08 bits per heavy atom. The van der Waals surface area contributed by atoms with E-state index < -0.39 is 0 Å². The highest BCUT2D eigenvalue weighted by Crippen LogP contribution is 2.25. The lowest BCUT2D eigenvalue weighted by Crippen LogP contribution is -2.27. The SMILES string of the molecule is Cc1cc(CSc2ncccc2C(=O)N(C)Cc2ccccc2F)no1. The maximum absolute atomic E-state index is 13.8. The lowest BCUT2D eigenvalue weighted by Gasteiger charge is -2.19. The van der Waals surface area contributed by atoms with Crippen molar-refractivity contribution in [3.8, 4) is 0 Å². The average Bonchev–Trinajstić information content (AvgIpc) is 3.07. The number of benzene rings is 1. The van der Waals surface area contributed by atoms with E-state index >= 15 is 0 Å². The predicted octanol–water partition coefficient (Wildman–Crippen LogP) is 4.08. The number of rotatable bonds is 6. The third-order valence-corrected chi connectivity index (χ3v) is 4.79. The maximum Gasteiger partial charge on any atom is 0.256 e. The molecule has 0 saturated carbocycles. The fourth-order valence-corrected chi connectivity index (χ4v) is 3.32. The van der Waals surface area contributed by atoms with Gasteiger partial charge >= 0.3 is 0 Å². The third kappa shape index (κ3) is 4.29. The summed E-state index contributed by atoms with van der Waals surface area (Å²) in [7, 11) is 1.65. The van der Waals surface area contributed by atoms with E-state index in [0.29, 0.717) is 21.9 Å². The van der Waals surface area contributed by atoms with E-state index in [4.69, 9.17) is 4.52 Å². The molecule has 2 heterocycles. The van der Waals surface area contributed by atoms with Crippen molar-refractivity contribution in [1.29, 1.82) is 0 Å². The molecule has 134 valence electrons. The second kappa shape index (κ2) is 8.14. The molecule has 0 aliphatic heterocycles. The lowest BCUT2D eigenvalue weighted by molar-refractivity contribution is 0.0779. The van der Waals surface area contributed by atoms with Crippen molar-refractivity contribution >= 4 is 17.7 Å². The standard InChI is InChI=1S/C19H18FN3O2S/c1-13-10-15(22-25-13)12-26-18-16(7-5-9-21-18)19(24)23(2)11-14-6-3-4-8-17(14)20/h3-10H,11-12H2,1-2H3. The largest absolute Gasteiger partial charge is 0.361 e. The van der Waals surface area contributed by atoms with Crippen LogP contribution in [0, 0.1) is 12.7 Å². The van der Waals surface area contributed by atoms with Gasteiger partial charge in [-0.2, -0.15) is 0 Å². The van der Waals surface area contributed by atoms with E-state index in [1.54, 1.807) is 43.6 Å². The Bertz CT molecular complexity index is 913. The van der Waals surface area contributed by atoms with E-state index in [-0.39, 0.29) is 18.3 Å². The molecule has 0 fully saturated rings. The predicted molar refractivity (Wildman–Crippen MR) is 97.2 cm³/mol. The Labute approximate surface area is 155 Å². The van der Waals surface area contributed by atoms with Crippen molar-refractivity contribution in [2.45, 2.75) is 24.2 Å². The van der Waals surface area contributed by atoms with Crippen LogP contribution in [0.5, 0.6) is 0 Å². The van der Waals surface area contributed by atoms with Gasteiger partial charge in [0.15, 0.2) is 0 Å². The van der Waals surface area contributed by atoms with Crippen molar-refractivity contribution in [1.82, 2.24) is 15.0 Å². The van der Waals surface area contributed by atoms with Gasteiger partial charge in [0, 0.05) is 37.2 Å². The van der Waals surface area contributed by atoms with Crippen molar-refractivity contribution in [3.63, 3.8) is 0 Å². The molecule has 0 N–H and O–H groups in total. The summed E-state index contributed by atoms with van der Waals surface area (Å²) in [6.07, 6.45) is 1.64. The third-order valence-electron chi connectivity index (χ3n) is 3.75. The Balaban J connectivity index is 1.73. The number of amides is 1. The van der Waals surface area contributed by atoms with Gasteiger partial charge in [-0.1, -0.05) is 35.1 Å². The molecule has 3 rings (SSSR count). The van der Waals surface area contributed by atoms with Gasteiger partial charge in [-0.15, -0.1) is 0 Å². The molecular formula is C19H18FN3O2S. The number of aromatic nitrogens is 2. The summed E-state index contributed by atoms with van der Waals surface area (Å²) < 4.78 is 18.9. The molecule has 2 aromatic heterocycles. The molecule has 0 aliphatic rings. The lowest BCUT2D eigenvalue weighted by atomic mass is 10.2. The van der Waals surface area contributed by atoms with Crippen LogP contribution in [0.1, 0.15) is 27.4 Å². The van der Waals surface area contributed by atoms with Gasteiger partial charge in [-0.3, -0.25) is 4.79 Å². The number of hydrogen-bond donors (Lipinski definition) is 0. The van der Waals surface area contributed by atoms with Crippen LogP contribution < -0.4 is 0 Å². The molecule has 1 amide bonds. The van der Waals surface area contributed by atoms with Gasteiger partial charge in [0.2, 0.25) is 0 Å². The summed E-state index contributed by atoms with van der Waals surface area (Å²) in [5.41, 5.74) is 1.74. The Morgan fingerprint density at radius 1 is 1.27 bits per heavy atom. The second-order valence-electron chi connectivity index (χ2n) is 5.83. The van der Waals surface area contributed by atoms with E-state index in [0.717, 1.165) is 11.5 Å². The Morgan fingerprint density at radius 3 is 2.81 bits per heavy atom. The van der Waals surface area contributed by atoms with E-state index in [1.807, 2.05) is 13.0 Å². The van der Waals surface area contributed by atoms with Crippen LogP contribution in [0.2, 0.25) is 0 Å². The zero-order valence-corrected chi connectivity index (χ0v) is 15.3. The van der Waals surface area contributed by atoms with Gasteiger partial charge in [-0.05, 0) is 25.1 Å². The minimum Gasteiger partial charge on any atom is -0.361 e. The maximum atomic E-state index is 13.8. The average molecular weight is 371 g/mol. The first kappa shape index (κ1) is 18.1. The number of halogens is 1. The smallest absolute Gasteiger partial charge is 0.256 e. The number of hydrogen-bond acceptors (Lipinski definition) is 5. The molecule has 26 heavy (non-hydrogen) atoms. The molecule has 1 aromatic carbocycles. The van der Waals surface area contributed by atoms with Crippen LogP contribution in [0.15, 0.2) is 58.2 Å². The first-order valence-electron chi connectivity index (χ1n) is 8.03. The number of pyridine rings is 1. The quantitative estimate of drug-likeness (QED) is 0.611. The highest BCUT2D eigenvalue weighted by atomic mass is 32.2. The molecule has 0 bridgehead atoms. The minimum atomic E-state index is -0.325. The number of nitrogens with zero attached hydrogens (tertiary/aromatic N) is 3. The fourth-order valence-electron chi connectivity index (χ4n) is 2.46. The highest BCUT2D eigenvalue weighted by molar-refractivity contribution is 7.98. The molecule has 0 unspecified atom stereocenters. The monoisotopic (exact) mass is 371 g/mol. The molecule has 5 nitrogen and oxygen atoms in total. The number of thioether (sulfide) groups is 1. The van der Waals surface area contributed by atoms with Crippen molar-refractivity contribution in [2.24, 2.45) is 0 Å². The van der Waals surface area contributed by atoms with Crippen LogP contribution in [-0.2, 0) is 12.3 Å². The van der Waals surface area contributed by atoms with Crippen molar-refractivity contribution in [2.75, 3.05) is 7.05 Å². The summed E-state index contributed by atoms with van der Waals surface area (Å²) in [5, 5.41) is 4.56. The van der Waals surface area contributed by atoms with Crippen LogP contribution in [0.3, 0.4) is 0 Å². The zero-order chi connectivity index (χ0) is 18.5. The van der Waals surface area contributed by atoms with Crippen LogP contribution in [-0.4, -0.2) is 28.0 Å². The summed E-state index contributed by atoms with van der Waals surface area (Å²) >= 11 is 1.41. The summed E-state index contributed by atoms with van der Waals surface area (Å²) in [4.78, 5) is 18.6. The molecule has 0 radical (unpaired) electrons. The van der Waals surface area contributed by atoms with E-state index in [1.165, 1.54) is 22.7 Å². The number of carbonyl (C=O) groups is 1. The van der Waals surface area contributed by atoms with E-state index in [9.17, 15) is 9.18 Å². The van der Waals surface area contributed by atoms with Crippen molar-refractivity contribution < 1.29 is 13.7 Å². The van der Waals surface area contributed by atoms with Crippen LogP contribution in [0.25, 0.3) is 0 Å².